The molecule has 2 aromatic carbocycles. The molecule has 13 heteroatoms. The summed E-state index contributed by atoms with van der Waals surface area (Å²) in [6.07, 6.45) is 1.36. The molecule has 9 nitrogen and oxygen atoms in total. The number of imide groups is 1. The predicted molar refractivity (Wildman–Crippen MR) is 127 cm³/mol. The number of thioether (sulfide) groups is 1. The summed E-state index contributed by atoms with van der Waals surface area (Å²) in [6.45, 7) is 1.22. The van der Waals surface area contributed by atoms with Crippen LogP contribution in [0, 0.1) is 0 Å². The fourth-order valence-corrected chi connectivity index (χ4v) is 5.01. The summed E-state index contributed by atoms with van der Waals surface area (Å²) in [7, 11) is -2.97. The monoisotopic (exact) mass is 545 g/mol. The van der Waals surface area contributed by atoms with Crippen molar-refractivity contribution in [3.63, 3.8) is 0 Å². The second-order valence-electron chi connectivity index (χ2n) is 6.60. The summed E-state index contributed by atoms with van der Waals surface area (Å²) >= 11 is 12.7. The standard InChI is InChI=1S/C21H17Cl2NO8S2/c1-3-31-18(25)11-24-20(26)17(33-21(24)27)10-12-8-15(23)19(16(9-12)30-2)32-34(28,29)14-6-4-13(22)5-7-14/h4-10H,3,11H2,1-2H3/b17-10-. The Bertz CT molecular complexity index is 1280. The van der Waals surface area contributed by atoms with Crippen LogP contribution in [0.4, 0.5) is 4.79 Å². The third-order valence-electron chi connectivity index (χ3n) is 4.31. The van der Waals surface area contributed by atoms with Gasteiger partial charge < -0.3 is 13.7 Å². The lowest BCUT2D eigenvalue weighted by Crippen LogP contribution is -2.34. The van der Waals surface area contributed by atoms with Gasteiger partial charge in [0.1, 0.15) is 11.4 Å². The maximum absolute atomic E-state index is 12.6. The molecule has 0 unspecified atom stereocenters. The van der Waals surface area contributed by atoms with E-state index < -0.39 is 33.8 Å². The molecule has 3 rings (SSSR count). The van der Waals surface area contributed by atoms with Crippen LogP contribution in [0.3, 0.4) is 0 Å². The number of nitrogens with zero attached hydrogens (tertiary/aromatic N) is 1. The second kappa shape index (κ2) is 10.7. The first-order chi connectivity index (χ1) is 16.1. The summed E-state index contributed by atoms with van der Waals surface area (Å²) < 4.78 is 40.4. The van der Waals surface area contributed by atoms with Crippen LogP contribution in [0.5, 0.6) is 11.5 Å². The molecule has 1 fully saturated rings. The van der Waals surface area contributed by atoms with Crippen molar-refractivity contribution in [2.24, 2.45) is 0 Å². The maximum atomic E-state index is 12.6. The quantitative estimate of drug-likeness (QED) is 0.270. The van der Waals surface area contributed by atoms with E-state index in [0.717, 1.165) is 4.90 Å². The highest BCUT2D eigenvalue weighted by Crippen LogP contribution is 2.40. The molecular formula is C21H17Cl2NO8S2. The molecule has 0 saturated carbocycles. The minimum Gasteiger partial charge on any atom is -0.493 e. The van der Waals surface area contributed by atoms with Gasteiger partial charge in [0, 0.05) is 5.02 Å². The molecule has 1 aliphatic heterocycles. The molecule has 1 heterocycles. The van der Waals surface area contributed by atoms with E-state index in [-0.39, 0.29) is 32.9 Å². The first-order valence-electron chi connectivity index (χ1n) is 9.54. The Kier molecular flexibility index (Phi) is 8.13. The van der Waals surface area contributed by atoms with Gasteiger partial charge in [0.25, 0.3) is 11.1 Å². The zero-order valence-electron chi connectivity index (χ0n) is 17.7. The van der Waals surface area contributed by atoms with Crippen LogP contribution in [-0.4, -0.2) is 50.7 Å². The van der Waals surface area contributed by atoms with Crippen LogP contribution in [0.15, 0.2) is 46.2 Å². The molecule has 1 aliphatic rings. The third-order valence-corrected chi connectivity index (χ3v) is 6.99. The van der Waals surface area contributed by atoms with Crippen molar-refractivity contribution in [3.8, 4) is 11.5 Å². The Morgan fingerprint density at radius 1 is 1.15 bits per heavy atom. The van der Waals surface area contributed by atoms with Crippen LogP contribution in [0.2, 0.25) is 10.0 Å². The van der Waals surface area contributed by atoms with E-state index in [2.05, 4.69) is 0 Å². The Morgan fingerprint density at radius 2 is 1.82 bits per heavy atom. The van der Waals surface area contributed by atoms with Crippen molar-refractivity contribution in [2.45, 2.75) is 11.8 Å². The van der Waals surface area contributed by atoms with E-state index in [0.29, 0.717) is 22.3 Å². The Labute approximate surface area is 209 Å². The number of carbonyl (C=O) groups excluding carboxylic acids is 3. The first-order valence-corrected chi connectivity index (χ1v) is 12.5. The first kappa shape index (κ1) is 25.9. The highest BCUT2D eigenvalue weighted by Gasteiger charge is 2.36. The fraction of sp³-hybridized carbons (Fsp3) is 0.190. The van der Waals surface area contributed by atoms with E-state index in [9.17, 15) is 22.8 Å². The average Bonchev–Trinajstić information content (AvgIpc) is 3.03. The molecule has 180 valence electrons. The molecule has 0 bridgehead atoms. The van der Waals surface area contributed by atoms with Crippen LogP contribution >= 0.6 is 35.0 Å². The lowest BCUT2D eigenvalue weighted by Gasteiger charge is -2.13. The smallest absolute Gasteiger partial charge is 0.339 e. The minimum atomic E-state index is -4.25. The number of halogens is 2. The number of benzene rings is 2. The van der Waals surface area contributed by atoms with Gasteiger partial charge in [-0.25, -0.2) is 0 Å². The van der Waals surface area contributed by atoms with Crippen molar-refractivity contribution in [2.75, 3.05) is 20.3 Å². The maximum Gasteiger partial charge on any atom is 0.339 e. The SMILES string of the molecule is CCOC(=O)CN1C(=O)S/C(=C\c2cc(Cl)c(OS(=O)(=O)c3ccc(Cl)cc3)c(OC)c2)C1=O. The van der Waals surface area contributed by atoms with Crippen LogP contribution in [0.1, 0.15) is 12.5 Å². The number of carbonyl (C=O) groups is 3. The van der Waals surface area contributed by atoms with Crippen LogP contribution < -0.4 is 8.92 Å². The molecule has 0 aromatic heterocycles. The van der Waals surface area contributed by atoms with Gasteiger partial charge in [0.2, 0.25) is 5.75 Å². The van der Waals surface area contributed by atoms with Crippen molar-refractivity contribution in [1.82, 2.24) is 4.90 Å². The lowest BCUT2D eigenvalue weighted by molar-refractivity contribution is -0.145. The van der Waals surface area contributed by atoms with Gasteiger partial charge in [0.15, 0.2) is 5.75 Å². The largest absolute Gasteiger partial charge is 0.493 e. The Hall–Kier alpha value is -2.73. The van der Waals surface area contributed by atoms with Crippen molar-refractivity contribution in [3.05, 3.63) is 56.9 Å². The Morgan fingerprint density at radius 3 is 2.44 bits per heavy atom. The summed E-state index contributed by atoms with van der Waals surface area (Å²) in [6, 6.07) is 8.08. The Balaban J connectivity index is 1.88. The van der Waals surface area contributed by atoms with Gasteiger partial charge in [-0.15, -0.1) is 0 Å². The predicted octanol–water partition coefficient (Wildman–Crippen LogP) is 4.37. The van der Waals surface area contributed by atoms with Gasteiger partial charge in [-0.05, 0) is 66.7 Å². The van der Waals surface area contributed by atoms with E-state index in [1.807, 2.05) is 0 Å². The molecule has 2 aromatic rings. The van der Waals surface area contributed by atoms with Gasteiger partial charge in [-0.1, -0.05) is 23.2 Å². The summed E-state index contributed by atoms with van der Waals surface area (Å²) in [5.41, 5.74) is 0.333. The highest BCUT2D eigenvalue weighted by atomic mass is 35.5. The number of rotatable bonds is 8. The number of hydrogen-bond donors (Lipinski definition) is 0. The topological polar surface area (TPSA) is 116 Å². The molecule has 0 aliphatic carbocycles. The van der Waals surface area contributed by atoms with Crippen molar-refractivity contribution >= 4 is 68.3 Å². The van der Waals surface area contributed by atoms with Crippen molar-refractivity contribution in [1.29, 1.82) is 0 Å². The number of ether oxygens (including phenoxy) is 2. The van der Waals surface area contributed by atoms with Gasteiger partial charge in [-0.3, -0.25) is 19.3 Å². The number of methoxy groups -OCH3 is 1. The number of esters is 1. The molecule has 0 spiro atoms. The molecule has 1 saturated heterocycles. The average molecular weight is 546 g/mol. The number of amides is 2. The zero-order chi connectivity index (χ0) is 25.0. The van der Waals surface area contributed by atoms with E-state index in [4.69, 9.17) is 36.9 Å². The van der Waals surface area contributed by atoms with E-state index in [1.165, 1.54) is 49.6 Å². The fourth-order valence-electron chi connectivity index (χ4n) is 2.79. The molecule has 0 N–H and O–H groups in total. The number of hydrogen-bond acceptors (Lipinski definition) is 9. The molecule has 0 radical (unpaired) electrons. The molecule has 34 heavy (non-hydrogen) atoms. The third kappa shape index (κ3) is 5.84. The molecule has 2 amide bonds. The second-order valence-corrected chi connectivity index (χ2v) is 9.98. The minimum absolute atomic E-state index is 0.0259. The zero-order valence-corrected chi connectivity index (χ0v) is 20.9. The molecular weight excluding hydrogens is 529 g/mol. The van der Waals surface area contributed by atoms with Gasteiger partial charge in [0.05, 0.1) is 23.6 Å². The summed E-state index contributed by atoms with van der Waals surface area (Å²) in [5.74, 6) is -1.67. The lowest BCUT2D eigenvalue weighted by atomic mass is 10.2. The van der Waals surface area contributed by atoms with Gasteiger partial charge in [-0.2, -0.15) is 8.42 Å². The van der Waals surface area contributed by atoms with Gasteiger partial charge >= 0.3 is 16.1 Å². The highest BCUT2D eigenvalue weighted by molar-refractivity contribution is 8.18. The van der Waals surface area contributed by atoms with Crippen LogP contribution in [0.25, 0.3) is 6.08 Å². The van der Waals surface area contributed by atoms with E-state index in [1.54, 1.807) is 6.92 Å². The normalized spacial score (nSPS) is 15.1. The summed E-state index contributed by atoms with van der Waals surface area (Å²) in [5, 5.41) is -0.393. The van der Waals surface area contributed by atoms with E-state index >= 15 is 0 Å². The van der Waals surface area contributed by atoms with Crippen LogP contribution in [-0.2, 0) is 24.4 Å². The van der Waals surface area contributed by atoms with Crippen molar-refractivity contribution < 1.29 is 36.5 Å². The summed E-state index contributed by atoms with van der Waals surface area (Å²) in [4.78, 5) is 37.0. The molecule has 0 atom stereocenters.